The van der Waals surface area contributed by atoms with Crippen molar-refractivity contribution in [3.63, 3.8) is 0 Å². The van der Waals surface area contributed by atoms with Crippen molar-refractivity contribution in [1.82, 2.24) is 4.98 Å². The lowest BCUT2D eigenvalue weighted by molar-refractivity contribution is 0.102. The molecule has 1 heterocycles. The number of carbonyl (C=O) groups excluding carboxylic acids is 1. The van der Waals surface area contributed by atoms with Crippen molar-refractivity contribution in [3.8, 4) is 11.8 Å². The number of amides is 1. The Hall–Kier alpha value is -3.33. The molecular formula is C20H18FN3O2. The number of halogens is 1. The summed E-state index contributed by atoms with van der Waals surface area (Å²) in [7, 11) is 0. The molecule has 2 aromatic carbocycles. The van der Waals surface area contributed by atoms with E-state index in [1.54, 1.807) is 24.4 Å². The second-order valence-electron chi connectivity index (χ2n) is 5.88. The lowest BCUT2D eigenvalue weighted by Crippen LogP contribution is -2.12. The molecule has 3 aromatic rings. The maximum Gasteiger partial charge on any atom is 0.255 e. The molecule has 5 nitrogen and oxygen atoms in total. The molecule has 0 spiro atoms. The topological polar surface area (TPSA) is 77.9 Å². The molecule has 132 valence electrons. The van der Waals surface area contributed by atoms with Crippen LogP contribution in [0.5, 0.6) is 5.75 Å². The highest BCUT2D eigenvalue weighted by atomic mass is 19.1. The van der Waals surface area contributed by atoms with E-state index < -0.39 is 11.7 Å². The first-order valence-corrected chi connectivity index (χ1v) is 8.37. The molecule has 0 saturated heterocycles. The third-order valence-electron chi connectivity index (χ3n) is 4.01. The van der Waals surface area contributed by atoms with Crippen LogP contribution in [-0.4, -0.2) is 17.5 Å². The lowest BCUT2D eigenvalue weighted by Gasteiger charge is -2.08. The van der Waals surface area contributed by atoms with Gasteiger partial charge in [-0.15, -0.1) is 0 Å². The summed E-state index contributed by atoms with van der Waals surface area (Å²) in [6, 6.07) is 11.4. The molecule has 0 unspecified atom stereocenters. The number of fused-ring (bicyclic) bond motifs is 1. The summed E-state index contributed by atoms with van der Waals surface area (Å²) >= 11 is 0. The Balaban J connectivity index is 1.78. The predicted molar refractivity (Wildman–Crippen MR) is 97.8 cm³/mol. The van der Waals surface area contributed by atoms with Gasteiger partial charge in [0, 0.05) is 22.7 Å². The van der Waals surface area contributed by atoms with Gasteiger partial charge in [0.15, 0.2) is 11.6 Å². The summed E-state index contributed by atoms with van der Waals surface area (Å²) in [5, 5.41) is 12.5. The minimum absolute atomic E-state index is 0.140. The third kappa shape index (κ3) is 3.67. The molecule has 0 radical (unpaired) electrons. The summed E-state index contributed by atoms with van der Waals surface area (Å²) in [4.78, 5) is 15.5. The number of carbonyl (C=O) groups is 1. The van der Waals surface area contributed by atoms with E-state index in [0.717, 1.165) is 29.8 Å². The van der Waals surface area contributed by atoms with Crippen molar-refractivity contribution in [1.29, 1.82) is 5.26 Å². The first-order chi connectivity index (χ1) is 12.6. The van der Waals surface area contributed by atoms with Crippen LogP contribution < -0.4 is 10.1 Å². The Morgan fingerprint density at radius 1 is 1.31 bits per heavy atom. The smallest absolute Gasteiger partial charge is 0.255 e. The molecule has 3 rings (SSSR count). The van der Waals surface area contributed by atoms with E-state index in [1.807, 2.05) is 6.92 Å². The molecule has 0 bridgehead atoms. The van der Waals surface area contributed by atoms with Crippen LogP contribution in [0.2, 0.25) is 0 Å². The van der Waals surface area contributed by atoms with E-state index in [9.17, 15) is 9.18 Å². The zero-order valence-electron chi connectivity index (χ0n) is 14.3. The molecule has 0 aliphatic heterocycles. The van der Waals surface area contributed by atoms with Crippen molar-refractivity contribution < 1.29 is 13.9 Å². The van der Waals surface area contributed by atoms with Gasteiger partial charge in [0.05, 0.1) is 23.9 Å². The second kappa shape index (κ2) is 7.70. The Bertz CT molecular complexity index is 988. The summed E-state index contributed by atoms with van der Waals surface area (Å²) in [5.41, 5.74) is 2.01. The highest BCUT2D eigenvalue weighted by molar-refractivity contribution is 6.09. The van der Waals surface area contributed by atoms with Gasteiger partial charge in [-0.3, -0.25) is 4.79 Å². The van der Waals surface area contributed by atoms with E-state index in [0.29, 0.717) is 17.9 Å². The monoisotopic (exact) mass is 351 g/mol. The fourth-order valence-electron chi connectivity index (χ4n) is 2.57. The van der Waals surface area contributed by atoms with Crippen LogP contribution >= 0.6 is 0 Å². The number of aromatic amines is 1. The maximum atomic E-state index is 14.1. The molecule has 2 N–H and O–H groups in total. The second-order valence-corrected chi connectivity index (χ2v) is 5.88. The van der Waals surface area contributed by atoms with Gasteiger partial charge < -0.3 is 15.0 Å². The van der Waals surface area contributed by atoms with Gasteiger partial charge in [-0.1, -0.05) is 13.3 Å². The molecule has 0 atom stereocenters. The highest BCUT2D eigenvalue weighted by Crippen LogP contribution is 2.25. The summed E-state index contributed by atoms with van der Waals surface area (Å²) in [5.74, 6) is -0.868. The summed E-state index contributed by atoms with van der Waals surface area (Å²) in [6.45, 7) is 2.47. The number of hydrogen-bond acceptors (Lipinski definition) is 3. The van der Waals surface area contributed by atoms with Crippen molar-refractivity contribution >= 4 is 22.5 Å². The van der Waals surface area contributed by atoms with Crippen LogP contribution in [0.3, 0.4) is 0 Å². The molecule has 0 aliphatic carbocycles. The zero-order chi connectivity index (χ0) is 18.5. The van der Waals surface area contributed by atoms with Crippen molar-refractivity contribution in [2.24, 2.45) is 0 Å². The van der Waals surface area contributed by atoms with Crippen LogP contribution in [-0.2, 0) is 0 Å². The molecule has 26 heavy (non-hydrogen) atoms. The molecule has 1 amide bonds. The Morgan fingerprint density at radius 3 is 2.88 bits per heavy atom. The van der Waals surface area contributed by atoms with Crippen LogP contribution in [0, 0.1) is 17.1 Å². The van der Waals surface area contributed by atoms with E-state index in [1.165, 1.54) is 12.1 Å². The fourth-order valence-corrected chi connectivity index (χ4v) is 2.57. The molecule has 6 heteroatoms. The van der Waals surface area contributed by atoms with Crippen LogP contribution in [0.15, 0.2) is 42.6 Å². The number of nitrogens with zero attached hydrogens (tertiary/aromatic N) is 1. The fraction of sp³-hybridized carbons (Fsp3) is 0.200. The first-order valence-electron chi connectivity index (χ1n) is 8.37. The van der Waals surface area contributed by atoms with Crippen LogP contribution in [0.1, 0.15) is 35.7 Å². The Labute approximate surface area is 150 Å². The minimum Gasteiger partial charge on any atom is -0.491 e. The highest BCUT2D eigenvalue weighted by Gasteiger charge is 2.13. The third-order valence-corrected chi connectivity index (χ3v) is 4.01. The van der Waals surface area contributed by atoms with Gasteiger partial charge in [-0.05, 0) is 42.8 Å². The van der Waals surface area contributed by atoms with E-state index >= 15 is 0 Å². The van der Waals surface area contributed by atoms with Gasteiger partial charge in [0.1, 0.15) is 0 Å². The number of aromatic nitrogens is 1. The SMILES string of the molecule is CCCCOc1ccc(C(=O)Nc2c[nH]c3ccc(C#N)cc23)cc1F. The number of rotatable bonds is 6. The zero-order valence-corrected chi connectivity index (χ0v) is 14.3. The van der Waals surface area contributed by atoms with Crippen LogP contribution in [0.25, 0.3) is 10.9 Å². The van der Waals surface area contributed by atoms with Crippen molar-refractivity contribution in [3.05, 3.63) is 59.5 Å². The van der Waals surface area contributed by atoms with Gasteiger partial charge in [-0.2, -0.15) is 5.26 Å². The molecule has 0 saturated carbocycles. The summed E-state index contributed by atoms with van der Waals surface area (Å²) in [6.07, 6.45) is 3.44. The minimum atomic E-state index is -0.570. The summed E-state index contributed by atoms with van der Waals surface area (Å²) < 4.78 is 19.5. The maximum absolute atomic E-state index is 14.1. The Morgan fingerprint density at radius 2 is 2.15 bits per heavy atom. The van der Waals surface area contributed by atoms with Crippen molar-refractivity contribution in [2.45, 2.75) is 19.8 Å². The number of hydrogen-bond donors (Lipinski definition) is 2. The Kier molecular flexibility index (Phi) is 5.18. The van der Waals surface area contributed by atoms with E-state index in [2.05, 4.69) is 16.4 Å². The standard InChI is InChI=1S/C20H18FN3O2/c1-2-3-8-26-19-7-5-14(10-16(19)21)20(25)24-18-12-23-17-6-4-13(11-22)9-15(17)18/h4-7,9-10,12,23H,2-3,8H2,1H3,(H,24,25). The average molecular weight is 351 g/mol. The number of ether oxygens (including phenoxy) is 1. The van der Waals surface area contributed by atoms with Gasteiger partial charge >= 0.3 is 0 Å². The quantitative estimate of drug-likeness (QED) is 0.637. The average Bonchev–Trinajstić information content (AvgIpc) is 3.05. The number of H-pyrrole nitrogens is 1. The molecule has 1 aromatic heterocycles. The lowest BCUT2D eigenvalue weighted by atomic mass is 10.1. The van der Waals surface area contributed by atoms with Gasteiger partial charge in [0.2, 0.25) is 0 Å². The molecule has 0 aliphatic rings. The largest absolute Gasteiger partial charge is 0.491 e. The number of benzene rings is 2. The van der Waals surface area contributed by atoms with E-state index in [4.69, 9.17) is 10.00 Å². The molecule has 0 fully saturated rings. The number of unbranched alkanes of at least 4 members (excludes halogenated alkanes) is 1. The van der Waals surface area contributed by atoms with Gasteiger partial charge in [-0.25, -0.2) is 4.39 Å². The number of nitrogens with one attached hydrogen (secondary N) is 2. The normalized spacial score (nSPS) is 10.5. The van der Waals surface area contributed by atoms with E-state index in [-0.39, 0.29) is 11.3 Å². The first kappa shape index (κ1) is 17.5. The predicted octanol–water partition coefficient (Wildman–Crippen LogP) is 4.61. The number of nitriles is 1. The molecular weight excluding hydrogens is 333 g/mol. The van der Waals surface area contributed by atoms with Gasteiger partial charge in [0.25, 0.3) is 5.91 Å². The van der Waals surface area contributed by atoms with Crippen LogP contribution in [0.4, 0.5) is 10.1 Å². The van der Waals surface area contributed by atoms with Crippen molar-refractivity contribution in [2.75, 3.05) is 11.9 Å². The number of anilines is 1.